The molecular weight excluding hydrogens is 474 g/mol. The minimum absolute atomic E-state index is 0.0182. The maximum atomic E-state index is 13.2. The van der Waals surface area contributed by atoms with Gasteiger partial charge in [-0.2, -0.15) is 0 Å². The number of hydrogen-bond donors (Lipinski definition) is 4. The number of carbonyl (C=O) groups is 4. The van der Waals surface area contributed by atoms with E-state index in [9.17, 15) is 29.4 Å². The number of rotatable bonds is 7. The van der Waals surface area contributed by atoms with Crippen LogP contribution in [0.3, 0.4) is 0 Å². The molecular formula is C24H29N3O7S. The van der Waals surface area contributed by atoms with Crippen LogP contribution in [0.1, 0.15) is 45.7 Å². The fourth-order valence-corrected chi connectivity index (χ4v) is 5.09. The number of aliphatic carboxylic acids is 1. The largest absolute Gasteiger partial charge is 0.508 e. The third-order valence-electron chi connectivity index (χ3n) is 5.30. The molecule has 0 radical (unpaired) electrons. The number of fused-ring (bicyclic) bond motifs is 1. The summed E-state index contributed by atoms with van der Waals surface area (Å²) in [7, 11) is 0. The molecule has 0 bridgehead atoms. The van der Waals surface area contributed by atoms with Crippen molar-refractivity contribution in [2.75, 3.05) is 5.75 Å². The average molecular weight is 504 g/mol. The van der Waals surface area contributed by atoms with Gasteiger partial charge < -0.3 is 25.6 Å². The second kappa shape index (κ2) is 10.4. The molecule has 11 heteroatoms. The van der Waals surface area contributed by atoms with Gasteiger partial charge in [0, 0.05) is 5.75 Å². The van der Waals surface area contributed by atoms with Gasteiger partial charge in [-0.25, -0.2) is 9.59 Å². The molecule has 1 aromatic rings. The van der Waals surface area contributed by atoms with Crippen molar-refractivity contribution in [3.8, 4) is 5.75 Å². The fourth-order valence-electron chi connectivity index (χ4n) is 3.73. The number of benzene rings is 1. The Bertz CT molecular complexity index is 1080. The number of hydrogen-bond acceptors (Lipinski definition) is 7. The Hall–Kier alpha value is -3.47. The number of aromatic hydroxyl groups is 1. The van der Waals surface area contributed by atoms with Crippen molar-refractivity contribution in [1.29, 1.82) is 0 Å². The molecule has 1 saturated heterocycles. The molecule has 2 heterocycles. The van der Waals surface area contributed by atoms with E-state index < -0.39 is 46.9 Å². The molecule has 10 nitrogen and oxygen atoms in total. The number of nitrogens with zero attached hydrogens (tertiary/aromatic N) is 1. The number of carboxylic acid groups (broad SMARTS) is 1. The Kier molecular flexibility index (Phi) is 7.79. The molecule has 2 aliphatic heterocycles. The summed E-state index contributed by atoms with van der Waals surface area (Å²) in [5, 5.41) is 23.9. The van der Waals surface area contributed by atoms with Gasteiger partial charge in [-0.15, -0.1) is 11.8 Å². The van der Waals surface area contributed by atoms with Crippen LogP contribution in [0.5, 0.6) is 5.75 Å². The number of phenols is 1. The summed E-state index contributed by atoms with van der Waals surface area (Å²) >= 11 is 1.37. The van der Waals surface area contributed by atoms with E-state index in [0.717, 1.165) is 0 Å². The third kappa shape index (κ3) is 5.97. The third-order valence-corrected chi connectivity index (χ3v) is 6.64. The number of phenolic OH excluding ortho intramolecular Hbond substituents is 1. The number of nitrogens with one attached hydrogen (secondary N) is 2. The first-order valence-corrected chi connectivity index (χ1v) is 12.1. The molecule has 0 saturated carbocycles. The molecule has 0 spiro atoms. The maximum absolute atomic E-state index is 13.2. The highest BCUT2D eigenvalue weighted by atomic mass is 32.2. The van der Waals surface area contributed by atoms with E-state index in [1.54, 1.807) is 20.8 Å². The van der Waals surface area contributed by atoms with E-state index in [2.05, 4.69) is 10.6 Å². The van der Waals surface area contributed by atoms with Crippen molar-refractivity contribution in [3.63, 3.8) is 0 Å². The molecule has 0 aliphatic carbocycles. The molecule has 1 aromatic carbocycles. The van der Waals surface area contributed by atoms with Crippen LogP contribution in [0.25, 0.3) is 0 Å². The minimum atomic E-state index is -1.21. The number of carboxylic acids is 1. The van der Waals surface area contributed by atoms with Crippen LogP contribution >= 0.6 is 11.8 Å². The SMILES string of the molecule is C/C=C\CC1=C(C(=O)O)N2C(=O)C(NC(=O)C(NC(=O)OC(C)(C)C)c3ccc(O)cc3)[C@H]2SC1. The highest BCUT2D eigenvalue weighted by molar-refractivity contribution is 8.00. The van der Waals surface area contributed by atoms with E-state index >= 15 is 0 Å². The van der Waals surface area contributed by atoms with Crippen molar-refractivity contribution in [3.05, 3.63) is 53.3 Å². The highest BCUT2D eigenvalue weighted by Crippen LogP contribution is 2.41. The smallest absolute Gasteiger partial charge is 0.408 e. The fraction of sp³-hybridized carbons (Fsp3) is 0.417. The lowest BCUT2D eigenvalue weighted by atomic mass is 10.00. The molecule has 2 unspecified atom stereocenters. The number of amides is 3. The van der Waals surface area contributed by atoms with Gasteiger partial charge in [-0.3, -0.25) is 14.5 Å². The van der Waals surface area contributed by atoms with Crippen LogP contribution < -0.4 is 10.6 Å². The zero-order valence-electron chi connectivity index (χ0n) is 19.9. The summed E-state index contributed by atoms with van der Waals surface area (Å²) in [5.41, 5.74) is 0.145. The zero-order chi connectivity index (χ0) is 25.9. The Balaban J connectivity index is 1.80. The van der Waals surface area contributed by atoms with Crippen molar-refractivity contribution in [2.45, 2.75) is 57.2 Å². The van der Waals surface area contributed by atoms with Crippen molar-refractivity contribution in [2.24, 2.45) is 0 Å². The van der Waals surface area contributed by atoms with E-state index in [-0.39, 0.29) is 11.4 Å². The summed E-state index contributed by atoms with van der Waals surface area (Å²) in [5.74, 6) is -2.00. The van der Waals surface area contributed by atoms with Gasteiger partial charge in [0.15, 0.2) is 0 Å². The number of allylic oxidation sites excluding steroid dienone is 2. The topological polar surface area (TPSA) is 145 Å². The van der Waals surface area contributed by atoms with Crippen molar-refractivity contribution in [1.82, 2.24) is 15.5 Å². The molecule has 2 aliphatic rings. The summed E-state index contributed by atoms with van der Waals surface area (Å²) in [6.07, 6.45) is 3.23. The van der Waals surface area contributed by atoms with E-state index in [0.29, 0.717) is 23.3 Å². The molecule has 3 rings (SSSR count). The predicted octanol–water partition coefficient (Wildman–Crippen LogP) is 2.66. The molecule has 35 heavy (non-hydrogen) atoms. The van der Waals surface area contributed by atoms with Crippen LogP contribution in [0.4, 0.5) is 4.79 Å². The Morgan fingerprint density at radius 1 is 1.26 bits per heavy atom. The predicted molar refractivity (Wildman–Crippen MR) is 129 cm³/mol. The number of alkyl carbamates (subject to hydrolysis) is 1. The lowest BCUT2D eigenvalue weighted by molar-refractivity contribution is -0.151. The van der Waals surface area contributed by atoms with E-state index in [4.69, 9.17) is 4.74 Å². The lowest BCUT2D eigenvalue weighted by Gasteiger charge is -2.49. The first-order valence-electron chi connectivity index (χ1n) is 11.0. The zero-order valence-corrected chi connectivity index (χ0v) is 20.7. The van der Waals surface area contributed by atoms with Gasteiger partial charge in [0.25, 0.3) is 5.91 Å². The summed E-state index contributed by atoms with van der Waals surface area (Å²) < 4.78 is 5.26. The molecule has 3 atom stereocenters. The van der Waals surface area contributed by atoms with Gasteiger partial charge in [0.1, 0.15) is 34.5 Å². The van der Waals surface area contributed by atoms with Crippen LogP contribution in [0.2, 0.25) is 0 Å². The maximum Gasteiger partial charge on any atom is 0.408 e. The molecule has 1 fully saturated rings. The second-order valence-electron chi connectivity index (χ2n) is 9.10. The number of β-lactam (4-membered cyclic amide) rings is 1. The van der Waals surface area contributed by atoms with E-state index in [1.165, 1.54) is 40.9 Å². The van der Waals surface area contributed by atoms with Crippen LogP contribution in [0.15, 0.2) is 47.7 Å². The lowest BCUT2D eigenvalue weighted by Crippen LogP contribution is -2.71. The Morgan fingerprint density at radius 2 is 1.91 bits per heavy atom. The van der Waals surface area contributed by atoms with Gasteiger partial charge >= 0.3 is 12.1 Å². The van der Waals surface area contributed by atoms with Gasteiger partial charge in [0.05, 0.1) is 0 Å². The molecule has 4 N–H and O–H groups in total. The Morgan fingerprint density at radius 3 is 2.49 bits per heavy atom. The summed E-state index contributed by atoms with van der Waals surface area (Å²) in [4.78, 5) is 51.6. The summed E-state index contributed by atoms with van der Waals surface area (Å²) in [6, 6.07) is 3.52. The normalized spacial score (nSPS) is 20.7. The second-order valence-corrected chi connectivity index (χ2v) is 10.2. The monoisotopic (exact) mass is 503 g/mol. The van der Waals surface area contributed by atoms with Gasteiger partial charge in [-0.1, -0.05) is 24.3 Å². The quantitative estimate of drug-likeness (QED) is 0.328. The molecule has 0 aromatic heterocycles. The summed E-state index contributed by atoms with van der Waals surface area (Å²) in [6.45, 7) is 6.88. The van der Waals surface area contributed by atoms with Crippen molar-refractivity contribution >= 4 is 35.6 Å². The van der Waals surface area contributed by atoms with Crippen LogP contribution in [-0.4, -0.2) is 61.8 Å². The molecule has 3 amide bonds. The van der Waals surface area contributed by atoms with Crippen LogP contribution in [-0.2, 0) is 19.1 Å². The standard InChI is InChI=1S/C24H29N3O7S/c1-5-6-7-14-12-35-21-17(20(30)27(21)18(14)22(31)32)25-19(29)16(13-8-10-15(28)11-9-13)26-23(33)34-24(2,3)4/h5-6,8-11,16-17,21,28H,7,12H2,1-4H3,(H,25,29)(H,26,33)(H,31,32)/b6-5-/t16?,17?,21-/m1/s1. The van der Waals surface area contributed by atoms with Crippen LogP contribution in [0, 0.1) is 0 Å². The van der Waals surface area contributed by atoms with Gasteiger partial charge in [0.2, 0.25) is 5.91 Å². The number of carbonyl (C=O) groups excluding carboxylic acids is 3. The first kappa shape index (κ1) is 26.1. The first-order chi connectivity index (χ1) is 16.4. The highest BCUT2D eigenvalue weighted by Gasteiger charge is 2.54. The minimum Gasteiger partial charge on any atom is -0.508 e. The Labute approximate surface area is 207 Å². The average Bonchev–Trinajstić information content (AvgIpc) is 2.78. The number of ether oxygens (including phenoxy) is 1. The molecule has 188 valence electrons. The van der Waals surface area contributed by atoms with E-state index in [1.807, 2.05) is 19.1 Å². The van der Waals surface area contributed by atoms with Gasteiger partial charge in [-0.05, 0) is 57.4 Å². The number of thioether (sulfide) groups is 1. The van der Waals surface area contributed by atoms with Crippen molar-refractivity contribution < 1.29 is 34.1 Å².